The van der Waals surface area contributed by atoms with Gasteiger partial charge in [-0.05, 0) is 97.7 Å². The Morgan fingerprint density at radius 2 is 2.00 bits per heavy atom. The summed E-state index contributed by atoms with van der Waals surface area (Å²) < 4.78 is 46.9. The molecule has 2 bridgehead atoms. The number of nitrogens with one attached hydrogen (secondary N) is 1. The number of halogens is 1. The highest BCUT2D eigenvalue weighted by molar-refractivity contribution is 7.90. The van der Waals surface area contributed by atoms with Gasteiger partial charge in [-0.15, -0.1) is 0 Å². The van der Waals surface area contributed by atoms with Gasteiger partial charge in [0.15, 0.2) is 0 Å². The predicted molar refractivity (Wildman–Crippen MR) is 177 cm³/mol. The van der Waals surface area contributed by atoms with E-state index in [1.54, 1.807) is 32.2 Å². The molecule has 6 rings (SSSR count). The molecule has 0 saturated heterocycles. The molecule has 2 aromatic rings. The number of hydrogen-bond acceptors (Lipinski definition) is 8. The van der Waals surface area contributed by atoms with Crippen LogP contribution < -0.4 is 14.4 Å². The fraction of sp³-hybridized carbons (Fsp3) is 0.543. The van der Waals surface area contributed by atoms with Crippen molar-refractivity contribution >= 4 is 39.2 Å². The van der Waals surface area contributed by atoms with E-state index in [0.29, 0.717) is 31.2 Å². The van der Waals surface area contributed by atoms with Crippen LogP contribution in [-0.4, -0.2) is 65.6 Å². The van der Waals surface area contributed by atoms with Crippen molar-refractivity contribution in [2.24, 2.45) is 17.8 Å². The zero-order valence-corrected chi connectivity index (χ0v) is 28.2. The summed E-state index contributed by atoms with van der Waals surface area (Å²) in [6.45, 7) is 3.69. The fourth-order valence-corrected chi connectivity index (χ4v) is 9.70. The molecule has 1 spiro atoms. The lowest BCUT2D eigenvalue weighted by atomic mass is 9.68. The number of carbonyl (C=O) groups is 2. The van der Waals surface area contributed by atoms with Gasteiger partial charge in [0.1, 0.15) is 5.75 Å². The Hall–Kier alpha value is -3.08. The number of esters is 1. The topological polar surface area (TPSA) is 111 Å². The average Bonchev–Trinajstić information content (AvgIpc) is 3.17. The molecule has 0 radical (unpaired) electrons. The van der Waals surface area contributed by atoms with E-state index >= 15 is 0 Å². The lowest BCUT2D eigenvalue weighted by Gasteiger charge is -2.46. The van der Waals surface area contributed by atoms with Gasteiger partial charge in [0.05, 0.1) is 37.2 Å². The highest BCUT2D eigenvalue weighted by Crippen LogP contribution is 2.47. The van der Waals surface area contributed by atoms with Crippen LogP contribution in [0.4, 0.5) is 5.69 Å². The average molecular weight is 671 g/mol. The van der Waals surface area contributed by atoms with Gasteiger partial charge in [-0.3, -0.25) is 9.59 Å². The van der Waals surface area contributed by atoms with E-state index in [9.17, 15) is 18.0 Å². The molecule has 46 heavy (non-hydrogen) atoms. The summed E-state index contributed by atoms with van der Waals surface area (Å²) in [5.41, 5.74) is 3.19. The number of rotatable bonds is 3. The van der Waals surface area contributed by atoms with Gasteiger partial charge >= 0.3 is 5.97 Å². The van der Waals surface area contributed by atoms with E-state index in [2.05, 4.69) is 21.8 Å². The molecular weight excluding hydrogens is 628 g/mol. The summed E-state index contributed by atoms with van der Waals surface area (Å²) >= 11 is 6.41. The van der Waals surface area contributed by atoms with Crippen molar-refractivity contribution in [1.82, 2.24) is 4.72 Å². The Bertz CT molecular complexity index is 1630. The number of sulfonamides is 1. The number of fused-ring (bicyclic) bond motifs is 4. The first-order chi connectivity index (χ1) is 22.0. The van der Waals surface area contributed by atoms with Gasteiger partial charge in [-0.25, -0.2) is 13.1 Å². The molecule has 2 aliphatic carbocycles. The number of allylic oxidation sites excluding steroid dienone is 1. The van der Waals surface area contributed by atoms with Crippen LogP contribution in [0.15, 0.2) is 48.6 Å². The molecule has 6 atom stereocenters. The van der Waals surface area contributed by atoms with E-state index in [1.165, 1.54) is 18.2 Å². The lowest BCUT2D eigenvalue weighted by molar-refractivity contribution is -0.140. The normalized spacial score (nSPS) is 31.3. The highest BCUT2D eigenvalue weighted by atomic mass is 35.5. The number of ether oxygens (including phenoxy) is 3. The molecule has 1 fully saturated rings. The number of nitrogens with zero attached hydrogens (tertiary/aromatic N) is 1. The maximum atomic E-state index is 13.7. The number of methoxy groups -OCH3 is 2. The number of amides is 1. The van der Waals surface area contributed by atoms with E-state index in [-0.39, 0.29) is 29.4 Å². The monoisotopic (exact) mass is 670 g/mol. The molecule has 2 aromatic carbocycles. The molecule has 248 valence electrons. The second-order valence-corrected chi connectivity index (χ2v) is 15.8. The number of anilines is 1. The van der Waals surface area contributed by atoms with Crippen LogP contribution >= 0.6 is 11.6 Å². The Morgan fingerprint density at radius 1 is 1.17 bits per heavy atom. The van der Waals surface area contributed by atoms with Gasteiger partial charge in [0, 0.05) is 36.2 Å². The number of hydrogen-bond donors (Lipinski definition) is 1. The summed E-state index contributed by atoms with van der Waals surface area (Å²) in [5, 5.41) is -0.442. The van der Waals surface area contributed by atoms with Crippen LogP contribution in [0.1, 0.15) is 66.9 Å². The van der Waals surface area contributed by atoms with Crippen LogP contribution in [0.2, 0.25) is 5.02 Å². The third-order valence-corrected chi connectivity index (χ3v) is 12.8. The van der Waals surface area contributed by atoms with Crippen LogP contribution in [-0.2, 0) is 36.1 Å². The van der Waals surface area contributed by atoms with Crippen molar-refractivity contribution in [1.29, 1.82) is 0 Å². The number of benzene rings is 2. The summed E-state index contributed by atoms with van der Waals surface area (Å²) in [6, 6.07) is 11.3. The Labute approximate surface area is 276 Å². The molecular formula is C35H43ClN2O7S. The Kier molecular flexibility index (Phi) is 9.43. The molecule has 0 unspecified atom stereocenters. The van der Waals surface area contributed by atoms with E-state index < -0.39 is 33.1 Å². The molecule has 2 heterocycles. The largest absolute Gasteiger partial charge is 0.490 e. The van der Waals surface area contributed by atoms with Crippen molar-refractivity contribution in [2.45, 2.75) is 68.6 Å². The first kappa shape index (κ1) is 32.8. The summed E-state index contributed by atoms with van der Waals surface area (Å²) in [7, 11) is -1.32. The smallest absolute Gasteiger partial charge is 0.306 e. The van der Waals surface area contributed by atoms with Crippen molar-refractivity contribution in [3.05, 3.63) is 70.3 Å². The van der Waals surface area contributed by atoms with Crippen LogP contribution in [0.5, 0.6) is 5.75 Å². The van der Waals surface area contributed by atoms with Crippen molar-refractivity contribution in [3.63, 3.8) is 0 Å². The molecule has 11 heteroatoms. The second-order valence-electron chi connectivity index (χ2n) is 13.4. The Morgan fingerprint density at radius 3 is 2.74 bits per heavy atom. The third-order valence-electron chi connectivity index (χ3n) is 10.6. The molecule has 4 aliphatic rings. The Balaban J connectivity index is 1.42. The maximum absolute atomic E-state index is 13.7. The van der Waals surface area contributed by atoms with Gasteiger partial charge in [0.25, 0.3) is 5.91 Å². The van der Waals surface area contributed by atoms with E-state index in [0.717, 1.165) is 49.4 Å². The minimum Gasteiger partial charge on any atom is -0.490 e. The van der Waals surface area contributed by atoms with Crippen LogP contribution in [0.3, 0.4) is 0 Å². The molecule has 0 aromatic heterocycles. The summed E-state index contributed by atoms with van der Waals surface area (Å²) in [5.74, 6) is -0.574. The van der Waals surface area contributed by atoms with Crippen LogP contribution in [0.25, 0.3) is 0 Å². The first-order valence-electron chi connectivity index (χ1n) is 16.2. The quantitative estimate of drug-likeness (QED) is 0.340. The highest BCUT2D eigenvalue weighted by Gasteiger charge is 2.44. The SMILES string of the molecule is COC(=O)C[C@H]1[C@H](C)C/C=C\[C@H](OC)[C@@H]2CC[C@H]2CN2C[C@@]3(CCCc4cc(Cl)ccc43)COc3ccc(cc32)C(=O)NS1(=O)=O. The van der Waals surface area contributed by atoms with E-state index in [4.69, 9.17) is 25.8 Å². The second kappa shape index (κ2) is 13.2. The van der Waals surface area contributed by atoms with E-state index in [1.807, 2.05) is 18.2 Å². The zero-order chi connectivity index (χ0) is 32.6. The van der Waals surface area contributed by atoms with Crippen molar-refractivity contribution in [3.8, 4) is 5.75 Å². The maximum Gasteiger partial charge on any atom is 0.306 e. The summed E-state index contributed by atoms with van der Waals surface area (Å²) in [6.07, 6.45) is 8.88. The lowest BCUT2D eigenvalue weighted by Crippen LogP contribution is -2.49. The molecule has 2 aliphatic heterocycles. The van der Waals surface area contributed by atoms with Crippen LogP contribution in [0, 0.1) is 17.8 Å². The predicted octanol–water partition coefficient (Wildman–Crippen LogP) is 5.44. The molecule has 9 nitrogen and oxygen atoms in total. The third kappa shape index (κ3) is 6.40. The minimum absolute atomic E-state index is 0.130. The zero-order valence-electron chi connectivity index (χ0n) is 26.7. The number of carbonyl (C=O) groups excluding carboxylic acids is 2. The van der Waals surface area contributed by atoms with Gasteiger partial charge < -0.3 is 19.1 Å². The standard InChI is InChI=1S/C35H43ClN2O7S/c1-22-6-4-8-30(43-2)27-12-9-25(27)19-38-20-35(15-5-7-23-16-26(36)11-13-28(23)35)21-45-31-14-10-24(17-29(31)38)34(40)37-46(41,42)32(22)18-33(39)44-3/h4,8,10-11,13-14,16-17,22,25,27,30,32H,5-7,9,12,15,18-21H2,1-3H3,(H,37,40)/b8-4-/t22-,25+,27-,30+,32+,35+/m1/s1. The molecule has 1 saturated carbocycles. The van der Waals surface area contributed by atoms with Gasteiger partial charge in [-0.2, -0.15) is 0 Å². The first-order valence-corrected chi connectivity index (χ1v) is 18.1. The summed E-state index contributed by atoms with van der Waals surface area (Å²) in [4.78, 5) is 28.2. The van der Waals surface area contributed by atoms with Crippen molar-refractivity contribution < 1.29 is 32.2 Å². The number of aryl methyl sites for hydroxylation is 1. The molecule has 1 N–H and O–H groups in total. The fourth-order valence-electron chi connectivity index (χ4n) is 7.90. The molecule has 1 amide bonds. The van der Waals surface area contributed by atoms with Gasteiger partial charge in [-0.1, -0.05) is 36.7 Å². The van der Waals surface area contributed by atoms with Crippen molar-refractivity contribution in [2.75, 3.05) is 38.8 Å². The van der Waals surface area contributed by atoms with Gasteiger partial charge in [0.2, 0.25) is 10.0 Å². The minimum atomic E-state index is -4.25.